The van der Waals surface area contributed by atoms with Crippen LogP contribution in [0.5, 0.6) is 0 Å². The van der Waals surface area contributed by atoms with Crippen molar-refractivity contribution in [2.45, 2.75) is 71.1 Å². The Kier molecular flexibility index (Phi) is 16.1. The largest absolute Gasteiger partial charge is 1.00 e. The molecule has 0 saturated heterocycles. The van der Waals surface area contributed by atoms with E-state index < -0.39 is 0 Å². The Bertz CT molecular complexity index is 195. The zero-order valence-corrected chi connectivity index (χ0v) is 14.9. The number of unbranched alkanes of at least 4 members (excludes halogenated alkanes) is 9. The van der Waals surface area contributed by atoms with E-state index in [2.05, 4.69) is 27.6 Å². The summed E-state index contributed by atoms with van der Waals surface area (Å²) in [5, 5.41) is 0. The van der Waals surface area contributed by atoms with Gasteiger partial charge in [0.05, 0.1) is 0 Å². The van der Waals surface area contributed by atoms with Crippen molar-refractivity contribution in [2.75, 3.05) is 20.6 Å². The van der Waals surface area contributed by atoms with Crippen LogP contribution < -0.4 is 17.0 Å². The van der Waals surface area contributed by atoms with Gasteiger partial charge in [-0.15, -0.1) is 4.65 Å². The van der Waals surface area contributed by atoms with Crippen LogP contribution >= 0.6 is 0 Å². The van der Waals surface area contributed by atoms with Crippen molar-refractivity contribution in [1.29, 1.82) is 0 Å². The van der Waals surface area contributed by atoms with Gasteiger partial charge >= 0.3 is 0 Å². The van der Waals surface area contributed by atoms with Gasteiger partial charge in [0.15, 0.2) is 0 Å². The summed E-state index contributed by atoms with van der Waals surface area (Å²) < 4.78 is 0.598. The fourth-order valence-corrected chi connectivity index (χ4v) is 2.23. The zero-order valence-electron chi connectivity index (χ0n) is 13.3. The Morgan fingerprint density at radius 2 is 1.26 bits per heavy atom. The monoisotopic (exact) mass is 335 g/mol. The predicted octanol–water partition coefficient (Wildman–Crippen LogP) is 2.06. The molecular formula is C16H34BrNO. The van der Waals surface area contributed by atoms with E-state index in [1.54, 1.807) is 0 Å². The van der Waals surface area contributed by atoms with Gasteiger partial charge in [0.1, 0.15) is 26.9 Å². The molecular weight excluding hydrogens is 302 g/mol. The molecule has 0 aliphatic carbocycles. The second-order valence-corrected chi connectivity index (χ2v) is 5.75. The van der Waals surface area contributed by atoms with Gasteiger partial charge in [-0.2, -0.15) is 0 Å². The Hall–Kier alpha value is -0.0200. The van der Waals surface area contributed by atoms with Crippen LogP contribution in [0.15, 0.2) is 12.8 Å². The third-order valence-corrected chi connectivity index (χ3v) is 3.41. The Balaban J connectivity index is 0. The maximum absolute atomic E-state index is 5.41. The molecule has 0 aromatic heterocycles. The molecule has 2 nitrogen and oxygen atoms in total. The van der Waals surface area contributed by atoms with Crippen molar-refractivity contribution < 1.29 is 26.5 Å². The van der Waals surface area contributed by atoms with Gasteiger partial charge in [-0.1, -0.05) is 64.9 Å². The first-order valence-electron chi connectivity index (χ1n) is 7.74. The van der Waals surface area contributed by atoms with Crippen LogP contribution in [0.3, 0.4) is 0 Å². The molecule has 0 rings (SSSR count). The summed E-state index contributed by atoms with van der Waals surface area (Å²) in [5.41, 5.74) is 0. The molecule has 0 spiro atoms. The van der Waals surface area contributed by atoms with E-state index in [0.717, 1.165) is 6.54 Å². The summed E-state index contributed by atoms with van der Waals surface area (Å²) in [5.74, 6) is 0. The molecule has 0 aromatic rings. The molecule has 0 aromatic carbocycles. The summed E-state index contributed by atoms with van der Waals surface area (Å²) >= 11 is 0. The lowest BCUT2D eigenvalue weighted by molar-refractivity contribution is -1.07. The number of quaternary nitrogens is 1. The second-order valence-electron chi connectivity index (χ2n) is 5.75. The van der Waals surface area contributed by atoms with Gasteiger partial charge < -0.3 is 21.8 Å². The molecule has 0 aliphatic rings. The van der Waals surface area contributed by atoms with Crippen molar-refractivity contribution >= 4 is 0 Å². The summed E-state index contributed by atoms with van der Waals surface area (Å²) in [7, 11) is 4.16. The third-order valence-electron chi connectivity index (χ3n) is 3.41. The van der Waals surface area contributed by atoms with E-state index in [1.807, 2.05) is 0 Å². The summed E-state index contributed by atoms with van der Waals surface area (Å²) in [6.45, 7) is 6.95. The first-order chi connectivity index (χ1) is 8.62. The predicted molar refractivity (Wildman–Crippen MR) is 80.1 cm³/mol. The average molecular weight is 336 g/mol. The lowest BCUT2D eigenvalue weighted by atomic mass is 10.1. The van der Waals surface area contributed by atoms with Crippen LogP contribution in [-0.4, -0.2) is 25.3 Å². The van der Waals surface area contributed by atoms with Gasteiger partial charge in [0, 0.05) is 6.42 Å². The zero-order chi connectivity index (χ0) is 13.7. The number of hydrogen-bond acceptors (Lipinski definition) is 1. The van der Waals surface area contributed by atoms with Crippen LogP contribution in [0, 0.1) is 0 Å². The normalized spacial score (nSPS) is 10.9. The van der Waals surface area contributed by atoms with E-state index >= 15 is 0 Å². The molecule has 0 fully saturated rings. The van der Waals surface area contributed by atoms with Crippen LogP contribution in [-0.2, 0) is 4.84 Å². The highest BCUT2D eigenvalue weighted by Gasteiger charge is 2.13. The van der Waals surface area contributed by atoms with E-state index in [1.165, 1.54) is 70.5 Å². The fourth-order valence-electron chi connectivity index (χ4n) is 2.23. The lowest BCUT2D eigenvalue weighted by Crippen LogP contribution is -3.00. The molecule has 0 radical (unpaired) electrons. The molecule has 0 heterocycles. The van der Waals surface area contributed by atoms with Crippen molar-refractivity contribution in [3.05, 3.63) is 12.8 Å². The first kappa shape index (κ1) is 21.3. The van der Waals surface area contributed by atoms with Crippen molar-refractivity contribution in [1.82, 2.24) is 0 Å². The minimum atomic E-state index is 0. The lowest BCUT2D eigenvalue weighted by Gasteiger charge is -2.25. The summed E-state index contributed by atoms with van der Waals surface area (Å²) in [4.78, 5) is 5.41. The average Bonchev–Trinajstić information content (AvgIpc) is 2.31. The molecule has 0 unspecified atom stereocenters. The minimum Gasteiger partial charge on any atom is -1.00 e. The fraction of sp³-hybridized carbons (Fsp3) is 0.875. The smallest absolute Gasteiger partial charge is 0.147 e. The van der Waals surface area contributed by atoms with Gasteiger partial charge in [0.2, 0.25) is 0 Å². The number of hydrogen-bond donors (Lipinski definition) is 0. The summed E-state index contributed by atoms with van der Waals surface area (Å²) in [6, 6.07) is 0. The van der Waals surface area contributed by atoms with E-state index in [0.29, 0.717) is 4.65 Å². The molecule has 0 bridgehead atoms. The second kappa shape index (κ2) is 14.4. The highest BCUT2D eigenvalue weighted by atomic mass is 79.9. The first-order valence-corrected chi connectivity index (χ1v) is 7.74. The highest BCUT2D eigenvalue weighted by Crippen LogP contribution is 2.11. The van der Waals surface area contributed by atoms with Gasteiger partial charge in [0.25, 0.3) is 0 Å². The Morgan fingerprint density at radius 3 is 1.68 bits per heavy atom. The third kappa shape index (κ3) is 15.9. The van der Waals surface area contributed by atoms with Crippen molar-refractivity contribution in [3.63, 3.8) is 0 Å². The molecule has 19 heavy (non-hydrogen) atoms. The quantitative estimate of drug-likeness (QED) is 0.217. The molecule has 0 saturated carbocycles. The topological polar surface area (TPSA) is 9.23 Å². The molecule has 0 N–H and O–H groups in total. The standard InChI is InChI=1S/C16H34NO.BrH/c1-5-7-8-9-10-11-12-13-14-15-16-17(3,4)18-6-2;/h6H,2,5,7-16H2,1,3-4H3;1H/q+1;/p-1. The SMILES string of the molecule is C=CO[N+](C)(C)CCCCCCCCCCCC.[Br-]. The molecule has 0 aliphatic heterocycles. The highest BCUT2D eigenvalue weighted by molar-refractivity contribution is 4.47. The van der Waals surface area contributed by atoms with Crippen LogP contribution in [0.25, 0.3) is 0 Å². The van der Waals surface area contributed by atoms with Gasteiger partial charge in [-0.25, -0.2) is 0 Å². The maximum Gasteiger partial charge on any atom is 0.147 e. The van der Waals surface area contributed by atoms with Gasteiger partial charge in [-0.05, 0) is 6.42 Å². The molecule has 0 atom stereocenters. The van der Waals surface area contributed by atoms with Crippen LogP contribution in [0.4, 0.5) is 0 Å². The maximum atomic E-state index is 5.41. The molecule has 0 amide bonds. The van der Waals surface area contributed by atoms with Gasteiger partial charge in [-0.3, -0.25) is 0 Å². The number of halogens is 1. The minimum absolute atomic E-state index is 0. The van der Waals surface area contributed by atoms with Crippen LogP contribution in [0.2, 0.25) is 0 Å². The number of rotatable bonds is 13. The van der Waals surface area contributed by atoms with E-state index in [9.17, 15) is 0 Å². The Morgan fingerprint density at radius 1 is 0.842 bits per heavy atom. The van der Waals surface area contributed by atoms with E-state index in [4.69, 9.17) is 4.84 Å². The van der Waals surface area contributed by atoms with Crippen LogP contribution in [0.1, 0.15) is 71.1 Å². The van der Waals surface area contributed by atoms with Crippen molar-refractivity contribution in [3.8, 4) is 0 Å². The van der Waals surface area contributed by atoms with E-state index in [-0.39, 0.29) is 17.0 Å². The summed E-state index contributed by atoms with van der Waals surface area (Å²) in [6.07, 6.45) is 15.4. The number of nitrogens with zero attached hydrogens (tertiary/aromatic N) is 1. The number of hydroxylamine groups is 3. The van der Waals surface area contributed by atoms with Crippen molar-refractivity contribution in [2.24, 2.45) is 0 Å². The Labute approximate surface area is 131 Å². The molecule has 3 heteroatoms. The molecule has 116 valence electrons.